The zero-order valence-electron chi connectivity index (χ0n) is 7.48. The van der Waals surface area contributed by atoms with Gasteiger partial charge in [0.05, 0.1) is 11.8 Å². The lowest BCUT2D eigenvalue weighted by Crippen LogP contribution is -1.98. The van der Waals surface area contributed by atoms with Crippen molar-refractivity contribution in [2.45, 2.75) is 6.92 Å². The monoisotopic (exact) mass is 192 g/mol. The fourth-order valence-corrected chi connectivity index (χ4v) is 1.33. The topological polar surface area (TPSA) is 63.6 Å². The lowest BCUT2D eigenvalue weighted by molar-refractivity contribution is 0.0695. The Kier molecular flexibility index (Phi) is 1.89. The van der Waals surface area contributed by atoms with Crippen LogP contribution in [-0.2, 0) is 0 Å². The van der Waals surface area contributed by atoms with Crippen molar-refractivity contribution in [3.8, 4) is 11.3 Å². The Bertz CT molecular complexity index is 450. The van der Waals surface area contributed by atoms with E-state index in [2.05, 4.69) is 0 Å². The lowest BCUT2D eigenvalue weighted by Gasteiger charge is -1.94. The number of hydrogen-bond acceptors (Lipinski definition) is 3. The van der Waals surface area contributed by atoms with Crippen molar-refractivity contribution in [1.82, 2.24) is 0 Å². The van der Waals surface area contributed by atoms with Crippen molar-refractivity contribution in [1.29, 1.82) is 0 Å². The first-order chi connectivity index (χ1) is 6.70. The van der Waals surface area contributed by atoms with Gasteiger partial charge in [0.1, 0.15) is 23.3 Å². The number of rotatable bonds is 2. The van der Waals surface area contributed by atoms with Gasteiger partial charge in [0.15, 0.2) is 0 Å². The highest BCUT2D eigenvalue weighted by Crippen LogP contribution is 2.28. The van der Waals surface area contributed by atoms with Crippen molar-refractivity contribution < 1.29 is 18.7 Å². The Morgan fingerprint density at radius 1 is 1.43 bits per heavy atom. The molecule has 0 atom stereocenters. The van der Waals surface area contributed by atoms with E-state index in [1.54, 1.807) is 19.1 Å². The van der Waals surface area contributed by atoms with Crippen LogP contribution in [0.3, 0.4) is 0 Å². The van der Waals surface area contributed by atoms with E-state index in [1.807, 2.05) is 0 Å². The maximum Gasteiger partial charge on any atom is 0.340 e. The third-order valence-corrected chi connectivity index (χ3v) is 1.98. The third-order valence-electron chi connectivity index (χ3n) is 1.98. The van der Waals surface area contributed by atoms with Gasteiger partial charge in [-0.3, -0.25) is 0 Å². The molecule has 0 amide bonds. The van der Waals surface area contributed by atoms with Crippen LogP contribution in [0.2, 0.25) is 0 Å². The van der Waals surface area contributed by atoms with E-state index in [4.69, 9.17) is 13.9 Å². The smallest absolute Gasteiger partial charge is 0.340 e. The van der Waals surface area contributed by atoms with E-state index in [1.165, 1.54) is 12.5 Å². The standard InChI is InChI=1S/C10H8O4/c1-6-9(10(11)12)7(5-14-6)8-3-2-4-13-8/h2-5H,1H3,(H,11,12). The molecule has 0 saturated heterocycles. The predicted octanol–water partition coefficient (Wildman–Crippen LogP) is 2.55. The minimum Gasteiger partial charge on any atom is -0.478 e. The van der Waals surface area contributed by atoms with Crippen molar-refractivity contribution in [3.63, 3.8) is 0 Å². The van der Waals surface area contributed by atoms with Crippen LogP contribution in [-0.4, -0.2) is 11.1 Å². The summed E-state index contributed by atoms with van der Waals surface area (Å²) in [5.74, 6) is -0.134. The number of hydrogen-bond donors (Lipinski definition) is 1. The molecule has 0 aliphatic rings. The molecule has 2 heterocycles. The molecule has 72 valence electrons. The van der Waals surface area contributed by atoms with Gasteiger partial charge in [-0.1, -0.05) is 0 Å². The highest BCUT2D eigenvalue weighted by atomic mass is 16.4. The summed E-state index contributed by atoms with van der Waals surface area (Å²) in [6.45, 7) is 1.61. The molecule has 2 aromatic rings. The number of carboxylic acid groups (broad SMARTS) is 1. The summed E-state index contributed by atoms with van der Waals surface area (Å²) < 4.78 is 10.1. The van der Waals surface area contributed by atoms with Gasteiger partial charge < -0.3 is 13.9 Å². The number of aromatic carboxylic acids is 1. The number of carbonyl (C=O) groups is 1. The molecule has 2 rings (SSSR count). The Morgan fingerprint density at radius 3 is 2.79 bits per heavy atom. The van der Waals surface area contributed by atoms with Crippen molar-refractivity contribution in [2.75, 3.05) is 0 Å². The Morgan fingerprint density at radius 2 is 2.21 bits per heavy atom. The highest BCUT2D eigenvalue weighted by Gasteiger charge is 2.19. The lowest BCUT2D eigenvalue weighted by atomic mass is 10.1. The summed E-state index contributed by atoms with van der Waals surface area (Å²) in [5.41, 5.74) is 0.625. The van der Waals surface area contributed by atoms with Gasteiger partial charge in [-0.15, -0.1) is 0 Å². The van der Waals surface area contributed by atoms with E-state index >= 15 is 0 Å². The summed E-state index contributed by atoms with van der Waals surface area (Å²) in [6.07, 6.45) is 2.88. The van der Waals surface area contributed by atoms with Crippen LogP contribution in [0.5, 0.6) is 0 Å². The van der Waals surface area contributed by atoms with Crippen LogP contribution in [0, 0.1) is 6.92 Å². The third kappa shape index (κ3) is 1.21. The average molecular weight is 192 g/mol. The van der Waals surface area contributed by atoms with E-state index in [-0.39, 0.29) is 5.56 Å². The summed E-state index contributed by atoms with van der Waals surface area (Å²) in [7, 11) is 0. The minimum atomic E-state index is -1.01. The molecule has 0 aliphatic carbocycles. The van der Waals surface area contributed by atoms with Crippen molar-refractivity contribution >= 4 is 5.97 Å². The Hall–Kier alpha value is -1.97. The maximum absolute atomic E-state index is 10.9. The predicted molar refractivity (Wildman–Crippen MR) is 48.1 cm³/mol. The minimum absolute atomic E-state index is 0.153. The van der Waals surface area contributed by atoms with Gasteiger partial charge >= 0.3 is 5.97 Å². The van der Waals surface area contributed by atoms with Gasteiger partial charge in [0.25, 0.3) is 0 Å². The molecular weight excluding hydrogens is 184 g/mol. The van der Waals surface area contributed by atoms with Crippen LogP contribution in [0.1, 0.15) is 16.1 Å². The molecule has 4 nitrogen and oxygen atoms in total. The van der Waals surface area contributed by atoms with Gasteiger partial charge in [0, 0.05) is 0 Å². The molecule has 0 saturated carbocycles. The second-order valence-electron chi connectivity index (χ2n) is 2.86. The van der Waals surface area contributed by atoms with Crippen LogP contribution >= 0.6 is 0 Å². The number of furan rings is 2. The first-order valence-corrected chi connectivity index (χ1v) is 4.05. The second-order valence-corrected chi connectivity index (χ2v) is 2.86. The molecule has 0 radical (unpaired) electrons. The van der Waals surface area contributed by atoms with Crippen LogP contribution in [0.25, 0.3) is 11.3 Å². The molecule has 14 heavy (non-hydrogen) atoms. The Labute approximate surface area is 79.8 Å². The Balaban J connectivity index is 2.60. The number of carboxylic acids is 1. The fraction of sp³-hybridized carbons (Fsp3) is 0.100. The summed E-state index contributed by atoms with van der Waals surface area (Å²) >= 11 is 0. The van der Waals surface area contributed by atoms with Gasteiger partial charge in [-0.25, -0.2) is 4.79 Å². The molecule has 0 aliphatic heterocycles. The maximum atomic E-state index is 10.9. The van der Waals surface area contributed by atoms with E-state index in [9.17, 15) is 4.79 Å². The molecule has 0 aromatic carbocycles. The first-order valence-electron chi connectivity index (χ1n) is 4.05. The second kappa shape index (κ2) is 3.06. The summed E-state index contributed by atoms with van der Waals surface area (Å²) in [6, 6.07) is 3.39. The average Bonchev–Trinajstić information content (AvgIpc) is 2.70. The number of aryl methyl sites for hydroxylation is 1. The van der Waals surface area contributed by atoms with Gasteiger partial charge in [-0.05, 0) is 19.1 Å². The summed E-state index contributed by atoms with van der Waals surface area (Å²) in [5, 5.41) is 8.93. The van der Waals surface area contributed by atoms with Crippen LogP contribution < -0.4 is 0 Å². The molecule has 0 fully saturated rings. The normalized spacial score (nSPS) is 10.4. The quantitative estimate of drug-likeness (QED) is 0.794. The zero-order chi connectivity index (χ0) is 10.1. The van der Waals surface area contributed by atoms with E-state index < -0.39 is 5.97 Å². The van der Waals surface area contributed by atoms with Crippen LogP contribution in [0.15, 0.2) is 33.5 Å². The zero-order valence-corrected chi connectivity index (χ0v) is 7.48. The molecule has 2 aromatic heterocycles. The van der Waals surface area contributed by atoms with Gasteiger partial charge in [0.2, 0.25) is 0 Å². The molecule has 0 spiro atoms. The van der Waals surface area contributed by atoms with Crippen molar-refractivity contribution in [3.05, 3.63) is 36.0 Å². The molecule has 0 unspecified atom stereocenters. The van der Waals surface area contributed by atoms with Crippen molar-refractivity contribution in [2.24, 2.45) is 0 Å². The fourth-order valence-electron chi connectivity index (χ4n) is 1.33. The summed E-state index contributed by atoms with van der Waals surface area (Å²) in [4.78, 5) is 10.9. The highest BCUT2D eigenvalue weighted by molar-refractivity contribution is 5.96. The molecule has 4 heteroatoms. The largest absolute Gasteiger partial charge is 0.478 e. The SMILES string of the molecule is Cc1occ(-c2ccco2)c1C(=O)O. The van der Waals surface area contributed by atoms with E-state index in [0.29, 0.717) is 17.1 Å². The molecule has 1 N–H and O–H groups in total. The van der Waals surface area contributed by atoms with Gasteiger partial charge in [-0.2, -0.15) is 0 Å². The molecule has 0 bridgehead atoms. The molecular formula is C10H8O4. The van der Waals surface area contributed by atoms with E-state index in [0.717, 1.165) is 0 Å². The van der Waals surface area contributed by atoms with Crippen LogP contribution in [0.4, 0.5) is 0 Å². The first kappa shape index (κ1) is 8.62.